The van der Waals surface area contributed by atoms with Crippen molar-refractivity contribution < 1.29 is 4.43 Å². The largest absolute Gasteiger partial charge is 0.415 e. The van der Waals surface area contributed by atoms with Crippen LogP contribution < -0.4 is 5.73 Å². The second kappa shape index (κ2) is 6.50. The number of rotatable bonds is 6. The monoisotopic (exact) mass is 272 g/mol. The molecule has 4 heteroatoms. The van der Waals surface area contributed by atoms with Gasteiger partial charge < -0.3 is 10.2 Å². The summed E-state index contributed by atoms with van der Waals surface area (Å²) in [5.41, 5.74) is 5.60. The lowest BCUT2D eigenvalue weighted by molar-refractivity contribution is 0.162. The summed E-state index contributed by atoms with van der Waals surface area (Å²) in [6.07, 6.45) is 3.71. The van der Waals surface area contributed by atoms with Gasteiger partial charge in [0.25, 0.3) is 0 Å². The van der Waals surface area contributed by atoms with Crippen molar-refractivity contribution in [2.24, 2.45) is 5.73 Å². The van der Waals surface area contributed by atoms with Crippen LogP contribution in [0.25, 0.3) is 0 Å². The molecule has 0 aliphatic carbocycles. The van der Waals surface area contributed by atoms with Crippen molar-refractivity contribution >= 4 is 8.32 Å². The molecule has 2 N–H and O–H groups in total. The average Bonchev–Trinajstić information content (AvgIpc) is 2.69. The Morgan fingerprint density at radius 2 is 2.00 bits per heavy atom. The van der Waals surface area contributed by atoms with Gasteiger partial charge in [-0.25, -0.2) is 0 Å². The van der Waals surface area contributed by atoms with E-state index in [9.17, 15) is 0 Å². The summed E-state index contributed by atoms with van der Waals surface area (Å²) in [5, 5.41) is 0.313. The van der Waals surface area contributed by atoms with E-state index in [0.29, 0.717) is 11.1 Å². The fourth-order valence-electron chi connectivity index (χ4n) is 2.19. The van der Waals surface area contributed by atoms with Gasteiger partial charge in [-0.05, 0) is 57.0 Å². The number of likely N-dealkylation sites (tertiary alicyclic amines) is 1. The van der Waals surface area contributed by atoms with E-state index in [-0.39, 0.29) is 0 Å². The highest BCUT2D eigenvalue weighted by Crippen LogP contribution is 2.37. The molecule has 0 radical (unpaired) electrons. The van der Waals surface area contributed by atoms with Crippen molar-refractivity contribution in [1.29, 1.82) is 0 Å². The molecule has 0 amide bonds. The topological polar surface area (TPSA) is 38.5 Å². The smallest absolute Gasteiger partial charge is 0.192 e. The van der Waals surface area contributed by atoms with Crippen molar-refractivity contribution in [2.45, 2.75) is 64.2 Å². The zero-order valence-electron chi connectivity index (χ0n) is 13.0. The first-order chi connectivity index (χ1) is 8.28. The van der Waals surface area contributed by atoms with Crippen LogP contribution in [0.4, 0.5) is 0 Å². The van der Waals surface area contributed by atoms with E-state index in [2.05, 4.69) is 38.8 Å². The maximum absolute atomic E-state index is 6.35. The average molecular weight is 273 g/mol. The van der Waals surface area contributed by atoms with Gasteiger partial charge in [0, 0.05) is 12.6 Å². The predicted molar refractivity (Wildman–Crippen MR) is 81.4 cm³/mol. The van der Waals surface area contributed by atoms with Crippen LogP contribution in [-0.2, 0) is 4.43 Å². The Kier molecular flexibility index (Phi) is 5.84. The summed E-state index contributed by atoms with van der Waals surface area (Å²) in [4.78, 5) is 2.57. The summed E-state index contributed by atoms with van der Waals surface area (Å²) >= 11 is 0. The molecule has 0 bridgehead atoms. The zero-order chi connectivity index (χ0) is 13.8. The highest BCUT2D eigenvalue weighted by molar-refractivity contribution is 6.74. The van der Waals surface area contributed by atoms with Gasteiger partial charge in [0.1, 0.15) is 0 Å². The van der Waals surface area contributed by atoms with Gasteiger partial charge in [-0.3, -0.25) is 4.90 Å². The van der Waals surface area contributed by atoms with Crippen molar-refractivity contribution in [1.82, 2.24) is 4.90 Å². The molecule has 1 aliphatic rings. The highest BCUT2D eigenvalue weighted by Gasteiger charge is 2.38. The van der Waals surface area contributed by atoms with Crippen molar-refractivity contribution in [3.8, 4) is 0 Å². The molecule has 108 valence electrons. The van der Waals surface area contributed by atoms with Crippen molar-refractivity contribution in [3.63, 3.8) is 0 Å². The van der Waals surface area contributed by atoms with Crippen LogP contribution in [0.5, 0.6) is 0 Å². The van der Waals surface area contributed by atoms with E-state index in [1.54, 1.807) is 0 Å². The SMILES string of the molecule is CC(C)(C)[Si](C)(C)OCC1CCCN1CCCN. The molecule has 3 nitrogen and oxygen atoms in total. The summed E-state index contributed by atoms with van der Waals surface area (Å²) in [7, 11) is -1.58. The summed E-state index contributed by atoms with van der Waals surface area (Å²) in [5.74, 6) is 0. The summed E-state index contributed by atoms with van der Waals surface area (Å²) < 4.78 is 6.35. The van der Waals surface area contributed by atoms with Gasteiger partial charge in [0.05, 0.1) is 0 Å². The van der Waals surface area contributed by atoms with Crippen molar-refractivity contribution in [2.75, 3.05) is 26.2 Å². The van der Waals surface area contributed by atoms with Crippen LogP contribution in [0.2, 0.25) is 18.1 Å². The Morgan fingerprint density at radius 3 is 2.56 bits per heavy atom. The third-order valence-electron chi connectivity index (χ3n) is 4.59. The first kappa shape index (κ1) is 16.2. The number of hydrogen-bond acceptors (Lipinski definition) is 3. The van der Waals surface area contributed by atoms with Gasteiger partial charge in [-0.1, -0.05) is 20.8 Å². The molecular weight excluding hydrogens is 240 g/mol. The number of hydrogen-bond donors (Lipinski definition) is 1. The first-order valence-corrected chi connectivity index (χ1v) is 10.3. The number of nitrogens with two attached hydrogens (primary N) is 1. The van der Waals surface area contributed by atoms with Gasteiger partial charge in [0.15, 0.2) is 8.32 Å². The Balaban J connectivity index is 2.42. The molecule has 1 saturated heterocycles. The van der Waals surface area contributed by atoms with E-state index < -0.39 is 8.32 Å². The minimum atomic E-state index is -1.58. The normalized spacial score (nSPS) is 22.7. The molecule has 0 aromatic heterocycles. The van der Waals surface area contributed by atoms with Gasteiger partial charge in [-0.15, -0.1) is 0 Å². The highest BCUT2D eigenvalue weighted by atomic mass is 28.4. The maximum atomic E-state index is 6.35. The lowest BCUT2D eigenvalue weighted by atomic mass is 10.2. The Labute approximate surface area is 114 Å². The van der Waals surface area contributed by atoms with Crippen LogP contribution in [0, 0.1) is 0 Å². The molecule has 1 fully saturated rings. The standard InChI is InChI=1S/C14H32N2OSi/c1-14(2,3)18(4,5)17-12-13-8-6-10-16(13)11-7-9-15/h13H,6-12,15H2,1-5H3. The van der Waals surface area contributed by atoms with Crippen LogP contribution in [0.3, 0.4) is 0 Å². The summed E-state index contributed by atoms with van der Waals surface area (Å²) in [6.45, 7) is 15.7. The Morgan fingerprint density at radius 1 is 1.33 bits per heavy atom. The van der Waals surface area contributed by atoms with Gasteiger partial charge >= 0.3 is 0 Å². The Bertz CT molecular complexity index is 251. The van der Waals surface area contributed by atoms with Gasteiger partial charge in [0.2, 0.25) is 0 Å². The first-order valence-electron chi connectivity index (χ1n) is 7.36. The van der Waals surface area contributed by atoms with Crippen LogP contribution in [-0.4, -0.2) is 45.5 Å². The lowest BCUT2D eigenvalue weighted by Crippen LogP contribution is -2.45. The van der Waals surface area contributed by atoms with E-state index in [0.717, 1.165) is 26.1 Å². The quantitative estimate of drug-likeness (QED) is 0.756. The molecule has 0 aromatic rings. The molecule has 1 atom stereocenters. The fraction of sp³-hybridized carbons (Fsp3) is 1.00. The molecule has 1 unspecified atom stereocenters. The van der Waals surface area contributed by atoms with Crippen molar-refractivity contribution in [3.05, 3.63) is 0 Å². The second-order valence-electron chi connectivity index (χ2n) is 7.05. The second-order valence-corrected chi connectivity index (χ2v) is 11.9. The molecule has 18 heavy (non-hydrogen) atoms. The fourth-order valence-corrected chi connectivity index (χ4v) is 3.24. The third kappa shape index (κ3) is 4.33. The molecule has 0 aromatic carbocycles. The minimum Gasteiger partial charge on any atom is -0.415 e. The molecule has 0 spiro atoms. The van der Waals surface area contributed by atoms with E-state index in [1.165, 1.54) is 19.4 Å². The minimum absolute atomic E-state index is 0.313. The molecule has 1 heterocycles. The third-order valence-corrected chi connectivity index (χ3v) is 9.09. The molecule has 1 rings (SSSR count). The van der Waals surface area contributed by atoms with Crippen LogP contribution in [0.1, 0.15) is 40.0 Å². The summed E-state index contributed by atoms with van der Waals surface area (Å²) in [6, 6.07) is 0.630. The molecule has 0 saturated carbocycles. The van der Waals surface area contributed by atoms with Crippen LogP contribution in [0.15, 0.2) is 0 Å². The lowest BCUT2D eigenvalue weighted by Gasteiger charge is -2.38. The molecule has 1 aliphatic heterocycles. The number of nitrogens with zero attached hydrogens (tertiary/aromatic N) is 1. The van der Waals surface area contributed by atoms with E-state index in [1.807, 2.05) is 0 Å². The van der Waals surface area contributed by atoms with E-state index >= 15 is 0 Å². The van der Waals surface area contributed by atoms with Gasteiger partial charge in [-0.2, -0.15) is 0 Å². The van der Waals surface area contributed by atoms with Crippen LogP contribution >= 0.6 is 0 Å². The predicted octanol–water partition coefficient (Wildman–Crippen LogP) is 2.82. The molecular formula is C14H32N2OSi. The Hall–Kier alpha value is 0.0969. The van der Waals surface area contributed by atoms with E-state index in [4.69, 9.17) is 10.2 Å². The maximum Gasteiger partial charge on any atom is 0.192 e. The zero-order valence-corrected chi connectivity index (χ0v) is 14.0.